The number of rotatable bonds is 6. The fourth-order valence-electron chi connectivity index (χ4n) is 2.59. The van der Waals surface area contributed by atoms with Crippen LogP contribution in [0.4, 0.5) is 4.79 Å². The van der Waals surface area contributed by atoms with Gasteiger partial charge >= 0.3 is 6.09 Å². The Kier molecular flexibility index (Phi) is 6.66. The van der Waals surface area contributed by atoms with Gasteiger partial charge in [0, 0.05) is 23.6 Å². The van der Waals surface area contributed by atoms with Crippen molar-refractivity contribution < 1.29 is 19.1 Å². The van der Waals surface area contributed by atoms with Gasteiger partial charge in [-0.25, -0.2) is 4.79 Å². The fourth-order valence-corrected chi connectivity index (χ4v) is 2.59. The Hall–Kier alpha value is -3.03. The molecular formula is C20H28N4O4. The molecule has 0 fully saturated rings. The molecule has 3 amide bonds. The van der Waals surface area contributed by atoms with Gasteiger partial charge in [-0.05, 0) is 52.3 Å². The van der Waals surface area contributed by atoms with Gasteiger partial charge in [0.1, 0.15) is 17.7 Å². The predicted molar refractivity (Wildman–Crippen MR) is 107 cm³/mol. The number of ether oxygens (including phenoxy) is 1. The normalized spacial score (nSPS) is 13.5. The van der Waals surface area contributed by atoms with E-state index in [9.17, 15) is 14.4 Å². The van der Waals surface area contributed by atoms with E-state index in [-0.39, 0.29) is 5.91 Å². The Morgan fingerprint density at radius 3 is 2.39 bits per heavy atom. The molecule has 8 heteroatoms. The summed E-state index contributed by atoms with van der Waals surface area (Å²) in [5.74, 6) is -0.786. The number of alkyl carbamates (subject to hydrolysis) is 1. The molecule has 152 valence electrons. The first-order valence-electron chi connectivity index (χ1n) is 9.19. The zero-order valence-corrected chi connectivity index (χ0v) is 16.9. The van der Waals surface area contributed by atoms with Gasteiger partial charge in [-0.2, -0.15) is 0 Å². The van der Waals surface area contributed by atoms with Crippen molar-refractivity contribution in [3.63, 3.8) is 0 Å². The highest BCUT2D eigenvalue weighted by Crippen LogP contribution is 2.17. The molecule has 1 heterocycles. The van der Waals surface area contributed by atoms with Gasteiger partial charge in [-0.15, -0.1) is 0 Å². The smallest absolute Gasteiger partial charge is 0.408 e. The molecule has 2 atom stereocenters. The van der Waals surface area contributed by atoms with Gasteiger partial charge in [0.2, 0.25) is 11.8 Å². The Morgan fingerprint density at radius 2 is 1.71 bits per heavy atom. The second-order valence-corrected chi connectivity index (χ2v) is 7.67. The summed E-state index contributed by atoms with van der Waals surface area (Å²) < 4.78 is 5.12. The molecule has 28 heavy (non-hydrogen) atoms. The number of hydrogen-bond acceptors (Lipinski definition) is 4. The number of aromatic nitrogens is 1. The lowest BCUT2D eigenvalue weighted by Crippen LogP contribution is -2.52. The summed E-state index contributed by atoms with van der Waals surface area (Å²) in [6, 6.07) is 6.18. The minimum absolute atomic E-state index is 0.314. The summed E-state index contributed by atoms with van der Waals surface area (Å²) in [5.41, 5.74) is 1.32. The largest absolute Gasteiger partial charge is 0.444 e. The summed E-state index contributed by atoms with van der Waals surface area (Å²) in [6.45, 7) is 8.66. The standard InChI is InChI=1S/C20H28N4O4/c1-12(23-18(26)13(2)24-19(27)28-20(3,4)5)17(25)22-11-14-7-6-8-16-15(14)9-10-21-16/h6-10,12-13,21H,11H2,1-5H3,(H,22,25)(H,23,26)(H,24,27)/t12-,13-/m0/s1. The van der Waals surface area contributed by atoms with Crippen molar-refractivity contribution in [2.24, 2.45) is 0 Å². The third-order valence-electron chi connectivity index (χ3n) is 4.02. The number of nitrogens with one attached hydrogen (secondary N) is 4. The predicted octanol–water partition coefficient (Wildman–Crippen LogP) is 2.20. The lowest BCUT2D eigenvalue weighted by atomic mass is 10.1. The molecule has 0 aliphatic rings. The molecule has 0 saturated carbocycles. The number of benzene rings is 1. The number of carbonyl (C=O) groups is 3. The highest BCUT2D eigenvalue weighted by Gasteiger charge is 2.23. The van der Waals surface area contributed by atoms with Crippen molar-refractivity contribution in [3.8, 4) is 0 Å². The summed E-state index contributed by atoms with van der Waals surface area (Å²) in [7, 11) is 0. The van der Waals surface area contributed by atoms with Crippen molar-refractivity contribution in [3.05, 3.63) is 36.0 Å². The van der Waals surface area contributed by atoms with Crippen LogP contribution >= 0.6 is 0 Å². The molecule has 0 aliphatic heterocycles. The average Bonchev–Trinajstić information content (AvgIpc) is 3.06. The summed E-state index contributed by atoms with van der Waals surface area (Å²) >= 11 is 0. The van der Waals surface area contributed by atoms with Crippen LogP contribution in [-0.4, -0.2) is 40.6 Å². The van der Waals surface area contributed by atoms with Gasteiger partial charge in [-0.3, -0.25) is 9.59 Å². The Balaban J connectivity index is 1.83. The molecule has 1 aromatic carbocycles. The fraction of sp³-hybridized carbons (Fsp3) is 0.450. The summed E-state index contributed by atoms with van der Waals surface area (Å²) in [6.07, 6.45) is 1.16. The summed E-state index contributed by atoms with van der Waals surface area (Å²) in [4.78, 5) is 39.4. The van der Waals surface area contributed by atoms with E-state index in [4.69, 9.17) is 4.74 Å². The van der Waals surface area contributed by atoms with Gasteiger partial charge < -0.3 is 25.7 Å². The zero-order chi connectivity index (χ0) is 20.9. The zero-order valence-electron chi connectivity index (χ0n) is 16.9. The maximum absolute atomic E-state index is 12.3. The van der Waals surface area contributed by atoms with Crippen LogP contribution in [-0.2, 0) is 20.9 Å². The first kappa shape index (κ1) is 21.3. The van der Waals surface area contributed by atoms with E-state index in [0.29, 0.717) is 6.54 Å². The van der Waals surface area contributed by atoms with Crippen molar-refractivity contribution in [1.29, 1.82) is 0 Å². The highest BCUT2D eigenvalue weighted by atomic mass is 16.6. The van der Waals surface area contributed by atoms with E-state index in [0.717, 1.165) is 16.5 Å². The Labute approximate surface area is 164 Å². The van der Waals surface area contributed by atoms with Gasteiger partial charge in [0.05, 0.1) is 0 Å². The summed E-state index contributed by atoms with van der Waals surface area (Å²) in [5, 5.41) is 8.89. The SMILES string of the molecule is C[C@H](NC(=O)OC(C)(C)C)C(=O)N[C@@H](C)C(=O)NCc1cccc2[nH]ccc12. The second-order valence-electron chi connectivity index (χ2n) is 7.67. The second kappa shape index (κ2) is 8.77. The van der Waals surface area contributed by atoms with Crippen LogP contribution in [0.5, 0.6) is 0 Å². The molecule has 0 saturated heterocycles. The topological polar surface area (TPSA) is 112 Å². The molecule has 2 aromatic rings. The van der Waals surface area contributed by atoms with Gasteiger partial charge in [0.25, 0.3) is 0 Å². The van der Waals surface area contributed by atoms with Crippen molar-refractivity contribution in [2.45, 2.75) is 58.8 Å². The molecular weight excluding hydrogens is 360 g/mol. The monoisotopic (exact) mass is 388 g/mol. The molecule has 2 rings (SSSR count). The van der Waals surface area contributed by atoms with E-state index < -0.39 is 29.7 Å². The van der Waals surface area contributed by atoms with E-state index in [1.165, 1.54) is 6.92 Å². The van der Waals surface area contributed by atoms with E-state index in [2.05, 4.69) is 20.9 Å². The minimum atomic E-state index is -0.835. The number of hydrogen-bond donors (Lipinski definition) is 4. The maximum Gasteiger partial charge on any atom is 0.408 e. The van der Waals surface area contributed by atoms with Crippen LogP contribution in [0.2, 0.25) is 0 Å². The third kappa shape index (κ3) is 6.00. The molecule has 0 spiro atoms. The number of fused-ring (bicyclic) bond motifs is 1. The van der Waals surface area contributed by atoms with Crippen LogP contribution in [0.25, 0.3) is 10.9 Å². The van der Waals surface area contributed by atoms with E-state index >= 15 is 0 Å². The maximum atomic E-state index is 12.3. The quantitative estimate of drug-likeness (QED) is 0.608. The van der Waals surface area contributed by atoms with Gasteiger partial charge in [-0.1, -0.05) is 12.1 Å². The molecule has 0 unspecified atom stereocenters. The number of aromatic amines is 1. The molecule has 0 radical (unpaired) electrons. The van der Waals surface area contributed by atoms with Crippen LogP contribution < -0.4 is 16.0 Å². The van der Waals surface area contributed by atoms with Crippen molar-refractivity contribution in [1.82, 2.24) is 20.9 Å². The van der Waals surface area contributed by atoms with E-state index in [1.54, 1.807) is 27.7 Å². The molecule has 0 aliphatic carbocycles. The number of amides is 3. The van der Waals surface area contributed by atoms with Crippen LogP contribution in [0.15, 0.2) is 30.5 Å². The first-order chi connectivity index (χ1) is 13.1. The third-order valence-corrected chi connectivity index (χ3v) is 4.02. The molecule has 1 aromatic heterocycles. The Bertz CT molecular complexity index is 853. The molecule has 8 nitrogen and oxygen atoms in total. The molecule has 4 N–H and O–H groups in total. The minimum Gasteiger partial charge on any atom is -0.444 e. The first-order valence-corrected chi connectivity index (χ1v) is 9.19. The van der Waals surface area contributed by atoms with E-state index in [1.807, 2.05) is 30.5 Å². The lowest BCUT2D eigenvalue weighted by molar-refractivity contribution is -0.129. The van der Waals surface area contributed by atoms with Crippen molar-refractivity contribution >= 4 is 28.8 Å². The van der Waals surface area contributed by atoms with Crippen LogP contribution in [0.3, 0.4) is 0 Å². The van der Waals surface area contributed by atoms with Crippen LogP contribution in [0, 0.1) is 0 Å². The highest BCUT2D eigenvalue weighted by molar-refractivity contribution is 5.91. The number of H-pyrrole nitrogens is 1. The van der Waals surface area contributed by atoms with Gasteiger partial charge in [0.15, 0.2) is 0 Å². The Morgan fingerprint density at radius 1 is 1.04 bits per heavy atom. The van der Waals surface area contributed by atoms with Crippen molar-refractivity contribution in [2.75, 3.05) is 0 Å². The molecule has 0 bridgehead atoms. The average molecular weight is 388 g/mol. The number of carbonyl (C=O) groups excluding carboxylic acids is 3. The lowest BCUT2D eigenvalue weighted by Gasteiger charge is -2.22. The van der Waals surface area contributed by atoms with Crippen LogP contribution in [0.1, 0.15) is 40.2 Å².